The number of carbonyl (C=O) groups is 1. The molecule has 0 radical (unpaired) electrons. The number of rotatable bonds is 5. The maximum atomic E-state index is 13.4. The van der Waals surface area contributed by atoms with E-state index < -0.39 is 11.7 Å². The Bertz CT molecular complexity index is 1080. The Morgan fingerprint density at radius 2 is 1.93 bits per heavy atom. The van der Waals surface area contributed by atoms with Crippen molar-refractivity contribution < 1.29 is 13.9 Å². The number of hydrogen-bond donors (Lipinski definition) is 1. The molecule has 1 aromatic heterocycles. The maximum Gasteiger partial charge on any atom is 0.254 e. The molecule has 8 heteroatoms. The van der Waals surface area contributed by atoms with Crippen molar-refractivity contribution in [3.05, 3.63) is 75.4 Å². The van der Waals surface area contributed by atoms with Gasteiger partial charge in [-0.05, 0) is 49.4 Å². The first-order valence-electron chi connectivity index (χ1n) is 8.35. The average Bonchev–Trinajstić information content (AvgIpc) is 2.66. The number of ether oxygens (including phenoxy) is 1. The van der Waals surface area contributed by atoms with Gasteiger partial charge in [-0.3, -0.25) is 14.2 Å². The van der Waals surface area contributed by atoms with E-state index in [4.69, 9.17) is 16.3 Å². The van der Waals surface area contributed by atoms with Crippen molar-refractivity contribution in [3.8, 4) is 17.1 Å². The van der Waals surface area contributed by atoms with Gasteiger partial charge in [0.15, 0.2) is 0 Å². The van der Waals surface area contributed by atoms with E-state index in [9.17, 15) is 14.0 Å². The van der Waals surface area contributed by atoms with Crippen LogP contribution >= 0.6 is 11.6 Å². The molecule has 144 valence electrons. The number of methoxy groups -OCH3 is 1. The van der Waals surface area contributed by atoms with Crippen LogP contribution in [0, 0.1) is 12.7 Å². The summed E-state index contributed by atoms with van der Waals surface area (Å²) in [7, 11) is 1.55. The second-order valence-corrected chi connectivity index (χ2v) is 6.45. The van der Waals surface area contributed by atoms with Crippen LogP contribution in [0.4, 0.5) is 10.1 Å². The highest BCUT2D eigenvalue weighted by Gasteiger charge is 2.14. The molecule has 0 aliphatic rings. The predicted octanol–water partition coefficient (Wildman–Crippen LogP) is 3.66. The SMILES string of the molecule is COc1ccc(-c2nc(C)cc(=O)n2CC(=O)Nc2cc(F)ccc2Cl)cc1. The van der Waals surface area contributed by atoms with Crippen molar-refractivity contribution in [2.24, 2.45) is 0 Å². The zero-order chi connectivity index (χ0) is 20.3. The van der Waals surface area contributed by atoms with E-state index in [1.54, 1.807) is 38.3 Å². The first-order chi connectivity index (χ1) is 13.4. The largest absolute Gasteiger partial charge is 0.497 e. The molecule has 0 fully saturated rings. The van der Waals surface area contributed by atoms with Gasteiger partial charge in [0.05, 0.1) is 17.8 Å². The minimum Gasteiger partial charge on any atom is -0.497 e. The van der Waals surface area contributed by atoms with Gasteiger partial charge < -0.3 is 10.1 Å². The number of amides is 1. The Morgan fingerprint density at radius 1 is 1.21 bits per heavy atom. The van der Waals surface area contributed by atoms with Crippen LogP contribution in [-0.4, -0.2) is 22.6 Å². The van der Waals surface area contributed by atoms with E-state index in [0.29, 0.717) is 22.8 Å². The lowest BCUT2D eigenvalue weighted by Crippen LogP contribution is -2.29. The van der Waals surface area contributed by atoms with Gasteiger partial charge in [0.1, 0.15) is 23.9 Å². The third kappa shape index (κ3) is 4.37. The molecule has 28 heavy (non-hydrogen) atoms. The van der Waals surface area contributed by atoms with Crippen molar-refractivity contribution in [1.82, 2.24) is 9.55 Å². The smallest absolute Gasteiger partial charge is 0.254 e. The minimum absolute atomic E-state index is 0.130. The van der Waals surface area contributed by atoms with Gasteiger partial charge in [-0.25, -0.2) is 9.37 Å². The van der Waals surface area contributed by atoms with Gasteiger partial charge in [0.2, 0.25) is 5.91 Å². The number of hydrogen-bond acceptors (Lipinski definition) is 4. The number of aryl methyl sites for hydroxylation is 1. The third-order valence-electron chi connectivity index (χ3n) is 3.99. The first-order valence-corrected chi connectivity index (χ1v) is 8.73. The lowest BCUT2D eigenvalue weighted by molar-refractivity contribution is -0.116. The fourth-order valence-corrected chi connectivity index (χ4v) is 2.83. The maximum absolute atomic E-state index is 13.4. The summed E-state index contributed by atoms with van der Waals surface area (Å²) in [5, 5.41) is 2.71. The summed E-state index contributed by atoms with van der Waals surface area (Å²) in [5.74, 6) is -0.0697. The zero-order valence-electron chi connectivity index (χ0n) is 15.2. The lowest BCUT2D eigenvalue weighted by Gasteiger charge is -2.14. The molecule has 2 aromatic carbocycles. The summed E-state index contributed by atoms with van der Waals surface area (Å²) in [4.78, 5) is 29.4. The topological polar surface area (TPSA) is 73.2 Å². The normalized spacial score (nSPS) is 10.6. The van der Waals surface area contributed by atoms with Crippen LogP contribution in [-0.2, 0) is 11.3 Å². The fourth-order valence-electron chi connectivity index (χ4n) is 2.66. The van der Waals surface area contributed by atoms with Crippen LogP contribution in [0.1, 0.15) is 5.69 Å². The van der Waals surface area contributed by atoms with Gasteiger partial charge in [-0.15, -0.1) is 0 Å². The Kier molecular flexibility index (Phi) is 5.75. The second-order valence-electron chi connectivity index (χ2n) is 6.05. The number of nitrogens with zero attached hydrogens (tertiary/aromatic N) is 2. The molecular formula is C20H17ClFN3O3. The van der Waals surface area contributed by atoms with E-state index in [0.717, 1.165) is 6.07 Å². The quantitative estimate of drug-likeness (QED) is 0.708. The summed E-state index contributed by atoms with van der Waals surface area (Å²) in [6.07, 6.45) is 0. The number of halogens is 2. The summed E-state index contributed by atoms with van der Waals surface area (Å²) < 4.78 is 19.8. The van der Waals surface area contributed by atoms with Crippen LogP contribution in [0.25, 0.3) is 11.4 Å². The first kappa shape index (κ1) is 19.6. The van der Waals surface area contributed by atoms with Gasteiger partial charge in [-0.1, -0.05) is 11.6 Å². The average molecular weight is 402 g/mol. The highest BCUT2D eigenvalue weighted by Crippen LogP contribution is 2.23. The molecule has 0 saturated heterocycles. The summed E-state index contributed by atoms with van der Waals surface area (Å²) >= 11 is 5.98. The van der Waals surface area contributed by atoms with Gasteiger partial charge in [0.25, 0.3) is 5.56 Å². The monoisotopic (exact) mass is 401 g/mol. The summed E-state index contributed by atoms with van der Waals surface area (Å²) in [6.45, 7) is 1.39. The Balaban J connectivity index is 1.93. The van der Waals surface area contributed by atoms with Gasteiger partial charge in [0, 0.05) is 17.3 Å². The molecule has 3 rings (SSSR count). The lowest BCUT2D eigenvalue weighted by atomic mass is 10.2. The number of benzene rings is 2. The number of nitrogens with one attached hydrogen (secondary N) is 1. The molecule has 1 amide bonds. The van der Waals surface area contributed by atoms with Crippen LogP contribution < -0.4 is 15.6 Å². The molecular weight excluding hydrogens is 385 g/mol. The molecule has 0 atom stereocenters. The molecule has 1 heterocycles. The van der Waals surface area contributed by atoms with E-state index >= 15 is 0 Å². The molecule has 0 bridgehead atoms. The predicted molar refractivity (Wildman–Crippen MR) is 105 cm³/mol. The molecule has 0 aliphatic heterocycles. The number of anilines is 1. The molecule has 0 saturated carbocycles. The minimum atomic E-state index is -0.534. The van der Waals surface area contributed by atoms with E-state index in [2.05, 4.69) is 10.3 Å². The molecule has 6 nitrogen and oxygen atoms in total. The molecule has 0 spiro atoms. The Hall–Kier alpha value is -3.19. The number of carbonyl (C=O) groups excluding carboxylic acids is 1. The van der Waals surface area contributed by atoms with E-state index in [1.165, 1.54) is 22.8 Å². The van der Waals surface area contributed by atoms with Crippen molar-refractivity contribution in [3.63, 3.8) is 0 Å². The highest BCUT2D eigenvalue weighted by molar-refractivity contribution is 6.33. The van der Waals surface area contributed by atoms with Crippen molar-refractivity contribution in [1.29, 1.82) is 0 Å². The van der Waals surface area contributed by atoms with Crippen molar-refractivity contribution in [2.75, 3.05) is 12.4 Å². The summed E-state index contributed by atoms with van der Waals surface area (Å²) in [6, 6.07) is 12.0. The Labute approximate surface area is 165 Å². The molecule has 0 aliphatic carbocycles. The molecule has 0 unspecified atom stereocenters. The number of aromatic nitrogens is 2. The van der Waals surface area contributed by atoms with Gasteiger partial charge >= 0.3 is 0 Å². The summed E-state index contributed by atoms with van der Waals surface area (Å²) in [5.41, 5.74) is 0.934. The molecule has 1 N–H and O–H groups in total. The van der Waals surface area contributed by atoms with Crippen molar-refractivity contribution in [2.45, 2.75) is 13.5 Å². The van der Waals surface area contributed by atoms with Gasteiger partial charge in [-0.2, -0.15) is 0 Å². The zero-order valence-corrected chi connectivity index (χ0v) is 16.0. The van der Waals surface area contributed by atoms with Crippen LogP contribution in [0.3, 0.4) is 0 Å². The highest BCUT2D eigenvalue weighted by atomic mass is 35.5. The fraction of sp³-hybridized carbons (Fsp3) is 0.150. The van der Waals surface area contributed by atoms with Crippen LogP contribution in [0.5, 0.6) is 5.75 Å². The standard InChI is InChI=1S/C20H17ClFN3O3/c1-12-9-19(27)25(20(23-12)13-3-6-15(28-2)7-4-13)11-18(26)24-17-10-14(22)5-8-16(17)21/h3-10H,11H2,1-2H3,(H,24,26). The van der Waals surface area contributed by atoms with Crippen LogP contribution in [0.15, 0.2) is 53.3 Å². The molecule has 3 aromatic rings. The third-order valence-corrected chi connectivity index (χ3v) is 4.32. The van der Waals surface area contributed by atoms with Crippen molar-refractivity contribution >= 4 is 23.2 Å². The van der Waals surface area contributed by atoms with E-state index in [1.807, 2.05) is 0 Å². The van der Waals surface area contributed by atoms with Crippen LogP contribution in [0.2, 0.25) is 5.02 Å². The van der Waals surface area contributed by atoms with E-state index in [-0.39, 0.29) is 22.8 Å². The second kappa shape index (κ2) is 8.22. The Morgan fingerprint density at radius 3 is 2.61 bits per heavy atom.